The molecule has 4 aliphatic carbocycles. The van der Waals surface area contributed by atoms with E-state index in [0.29, 0.717) is 149 Å². The van der Waals surface area contributed by atoms with Gasteiger partial charge in [-0.1, -0.05) is 79.7 Å². The van der Waals surface area contributed by atoms with Gasteiger partial charge in [0.2, 0.25) is 55.4 Å². The zero-order valence-corrected chi connectivity index (χ0v) is 69.2. The van der Waals surface area contributed by atoms with Crippen LogP contribution in [-0.4, -0.2) is 169 Å². The standard InChI is InChI=1S/2C43H57N3O10S/c2*1-6-42(5,7-2)56-37(48)22-33-27(4)20-26(3)10-8-9-11-28-23-43(28,41(50)45-57(51,52)30-12-13-30)24-35(47)34-21-29(25-46(34)40(33)49)55-39-32-14-15-36-38(54-19-18-53-36)31(32)16-17-44-39/h2*9,11,14-17,26-30,33-34H,6-8,10,12-13,18-25H2,1-5H3,(H,45,50)/b2*11-9-/t26-,27+,28+,29+,33-,34-,43+;26-,27-,28-,29-,33+,34+,43-/m01/s1. The number of Topliss-reactive ketones (excluding diaryl/α,β-unsaturated/α-hetero) is 2. The average Bonchev–Trinajstić information content (AvgIpc) is 1.57. The number of esters is 2. The number of ether oxygens (including phenoxy) is 8. The van der Waals surface area contributed by atoms with Crippen molar-refractivity contribution in [3.8, 4) is 34.8 Å². The second-order valence-corrected chi connectivity index (χ2v) is 38.6. The van der Waals surface area contributed by atoms with Crippen LogP contribution in [0.5, 0.6) is 34.8 Å². The van der Waals surface area contributed by atoms with Gasteiger partial charge in [0.25, 0.3) is 0 Å². The highest BCUT2D eigenvalue weighted by atomic mass is 32.2. The van der Waals surface area contributed by atoms with Gasteiger partial charge in [0.15, 0.2) is 34.6 Å². The molecule has 0 bridgehead atoms. The Morgan fingerprint density at radius 1 is 0.518 bits per heavy atom. The molecule has 2 saturated heterocycles. The molecule has 0 spiro atoms. The number of amides is 4. The Kier molecular flexibility index (Phi) is 24.9. The molecule has 6 aliphatic heterocycles. The molecule has 2 aromatic carbocycles. The first-order chi connectivity index (χ1) is 54.3. The van der Waals surface area contributed by atoms with E-state index in [4.69, 9.17) is 37.9 Å². The summed E-state index contributed by atoms with van der Waals surface area (Å²) in [4.78, 5) is 127. The molecule has 28 heteroatoms. The van der Waals surface area contributed by atoms with E-state index in [2.05, 4.69) is 33.3 Å². The highest BCUT2D eigenvalue weighted by Gasteiger charge is 2.64. The number of allylic oxidation sites excluding steroid dienone is 4. The Labute approximate surface area is 669 Å². The van der Waals surface area contributed by atoms with Gasteiger partial charge in [0.05, 0.1) is 71.2 Å². The number of carbonyl (C=O) groups is 8. The maximum atomic E-state index is 15.0. The zero-order valence-electron chi connectivity index (χ0n) is 67.6. The largest absolute Gasteiger partial charge is 0.486 e. The first-order valence-electron chi connectivity index (χ1n) is 41.6. The lowest BCUT2D eigenvalue weighted by Crippen LogP contribution is -2.47. The second kappa shape index (κ2) is 34.0. The SMILES string of the molecule is CCC(C)(CC)OC(=O)C[C@@H]1C(=O)N2C[C@H](Oc3nccc4c5c(ccc34)OCCO5)C[C@H]2C(=O)C[C@]2(C(=O)NS(=O)(=O)C3CC3)C[C@H]2/C=C\CC[C@@H](C)C[C@H]1C.CCC(C)(CC)OC(=O)C[C@@H]1C(=O)N2C[C@H](Oc3nccc4c5c(ccc34)OCCO5)C[C@H]2C(=O)C[C@]2(C(=O)NS(=O)(=O)C3CC3)C[C@H]2/C=C\CC[C@H](C)C[C@H]1C. The first kappa shape index (κ1) is 83.5. The fourth-order valence-electron chi connectivity index (χ4n) is 17.7. The summed E-state index contributed by atoms with van der Waals surface area (Å²) in [5, 5.41) is 1.68. The van der Waals surface area contributed by atoms with E-state index in [0.717, 1.165) is 36.5 Å². The Morgan fingerprint density at radius 2 is 0.895 bits per heavy atom. The number of hydrogen-bond donors (Lipinski definition) is 2. The molecule has 114 heavy (non-hydrogen) atoms. The number of ketones is 2. The number of fused-ring (bicyclic) bond motifs is 10. The molecular weight excluding hydrogens is 1500 g/mol. The van der Waals surface area contributed by atoms with Crippen LogP contribution in [0.2, 0.25) is 0 Å². The molecule has 6 fully saturated rings. The molecule has 8 heterocycles. The molecule has 4 amide bonds. The van der Waals surface area contributed by atoms with E-state index < -0.39 is 112 Å². The van der Waals surface area contributed by atoms with E-state index in [1.54, 1.807) is 24.5 Å². The lowest BCUT2D eigenvalue weighted by atomic mass is 9.82. The lowest BCUT2D eigenvalue weighted by molar-refractivity contribution is -0.163. The number of nitrogens with one attached hydrogen (secondary N) is 2. The number of nitrogens with zero attached hydrogens (tertiary/aromatic N) is 4. The molecule has 620 valence electrons. The third-order valence-electron chi connectivity index (χ3n) is 26.2. The van der Waals surface area contributed by atoms with E-state index in [1.807, 2.05) is 104 Å². The smallest absolute Gasteiger partial charge is 0.307 e. The van der Waals surface area contributed by atoms with Gasteiger partial charge in [-0.25, -0.2) is 26.8 Å². The Balaban J connectivity index is 0.000000199. The van der Waals surface area contributed by atoms with Crippen molar-refractivity contribution in [2.45, 2.75) is 256 Å². The molecule has 26 nitrogen and oxygen atoms in total. The monoisotopic (exact) mass is 1610 g/mol. The third kappa shape index (κ3) is 18.4. The van der Waals surface area contributed by atoms with Gasteiger partial charge in [-0.05, 0) is 188 Å². The van der Waals surface area contributed by atoms with Crippen molar-refractivity contribution in [2.24, 2.45) is 58.2 Å². The second-order valence-electron chi connectivity index (χ2n) is 34.7. The van der Waals surface area contributed by atoms with Crippen molar-refractivity contribution >= 4 is 88.7 Å². The molecule has 2 N–H and O–H groups in total. The summed E-state index contributed by atoms with van der Waals surface area (Å²) < 4.78 is 105. The van der Waals surface area contributed by atoms with Gasteiger partial charge in [0, 0.05) is 59.6 Å². The van der Waals surface area contributed by atoms with Crippen LogP contribution in [0.3, 0.4) is 0 Å². The number of aromatic nitrogens is 2. The minimum absolute atomic E-state index is 0.0475. The van der Waals surface area contributed by atoms with E-state index >= 15 is 9.59 Å². The molecule has 4 aromatic rings. The third-order valence-corrected chi connectivity index (χ3v) is 29.8. The van der Waals surface area contributed by atoms with Crippen molar-refractivity contribution in [1.29, 1.82) is 0 Å². The van der Waals surface area contributed by atoms with E-state index in [9.17, 15) is 45.6 Å². The molecule has 14 rings (SSSR count). The minimum Gasteiger partial charge on any atom is -0.486 e. The number of pyridine rings is 2. The Morgan fingerprint density at radius 3 is 1.26 bits per heavy atom. The van der Waals surface area contributed by atoms with Crippen LogP contribution in [0.25, 0.3) is 21.5 Å². The van der Waals surface area contributed by atoms with Crippen molar-refractivity contribution in [3.63, 3.8) is 0 Å². The number of carbonyl (C=O) groups excluding carboxylic acids is 8. The molecule has 0 radical (unpaired) electrons. The number of sulfonamides is 2. The van der Waals surface area contributed by atoms with Crippen LogP contribution in [0, 0.1) is 58.2 Å². The average molecular weight is 1620 g/mol. The van der Waals surface area contributed by atoms with Crippen molar-refractivity contribution in [2.75, 3.05) is 39.5 Å². The fraction of sp³-hybridized carbons (Fsp3) is 0.651. The summed E-state index contributed by atoms with van der Waals surface area (Å²) in [6, 6.07) is 8.98. The van der Waals surface area contributed by atoms with Gasteiger partial charge in [-0.3, -0.25) is 47.8 Å². The summed E-state index contributed by atoms with van der Waals surface area (Å²) in [5.41, 5.74) is -3.85. The summed E-state index contributed by atoms with van der Waals surface area (Å²) in [6.07, 6.45) is 18.9. The topological polar surface area (TPSA) is 335 Å². The van der Waals surface area contributed by atoms with Crippen molar-refractivity contribution < 1.29 is 93.1 Å². The number of rotatable bonds is 20. The first-order valence-corrected chi connectivity index (χ1v) is 44.7. The normalized spacial score (nSPS) is 30.0. The summed E-state index contributed by atoms with van der Waals surface area (Å²) in [6.45, 7) is 21.6. The maximum Gasteiger partial charge on any atom is 0.307 e. The van der Waals surface area contributed by atoms with E-state index in [-0.39, 0.29) is 111 Å². The summed E-state index contributed by atoms with van der Waals surface area (Å²) in [7, 11) is -7.72. The summed E-state index contributed by atoms with van der Waals surface area (Å²) in [5.74, 6) is -2.80. The van der Waals surface area contributed by atoms with Gasteiger partial charge >= 0.3 is 11.9 Å². The zero-order chi connectivity index (χ0) is 81.4. The van der Waals surface area contributed by atoms with Crippen LogP contribution in [0.4, 0.5) is 0 Å². The Hall–Kier alpha value is -8.40. The molecule has 4 saturated carbocycles. The van der Waals surface area contributed by atoms with Crippen LogP contribution >= 0.6 is 0 Å². The maximum absolute atomic E-state index is 15.0. The van der Waals surface area contributed by atoms with Gasteiger partial charge in [-0.15, -0.1) is 0 Å². The van der Waals surface area contributed by atoms with E-state index in [1.165, 1.54) is 9.80 Å². The molecule has 10 aliphatic rings. The molecule has 0 unspecified atom stereocenters. The van der Waals surface area contributed by atoms with Crippen LogP contribution in [0.15, 0.2) is 73.1 Å². The minimum atomic E-state index is -3.86. The lowest BCUT2D eigenvalue weighted by Gasteiger charge is -2.33. The van der Waals surface area contributed by atoms with Crippen molar-refractivity contribution in [3.05, 3.63) is 73.1 Å². The van der Waals surface area contributed by atoms with Crippen LogP contribution in [0.1, 0.15) is 210 Å². The molecular formula is C86H114N6O20S2. The van der Waals surface area contributed by atoms with Gasteiger partial charge in [0.1, 0.15) is 49.8 Å². The fourth-order valence-corrected chi connectivity index (χ4v) is 20.5. The number of benzene rings is 2. The quantitative estimate of drug-likeness (QED) is 0.0613. The van der Waals surface area contributed by atoms with Crippen molar-refractivity contribution in [1.82, 2.24) is 29.2 Å². The number of hydrogen-bond acceptors (Lipinski definition) is 22. The van der Waals surface area contributed by atoms with Gasteiger partial charge in [-0.2, -0.15) is 0 Å². The highest BCUT2D eigenvalue weighted by Crippen LogP contribution is 2.59. The van der Waals surface area contributed by atoms with Crippen LogP contribution in [-0.2, 0) is 67.9 Å². The predicted molar refractivity (Wildman–Crippen MR) is 424 cm³/mol. The van der Waals surface area contributed by atoms with Crippen LogP contribution < -0.4 is 37.9 Å². The Bertz CT molecular complexity index is 4340. The van der Waals surface area contributed by atoms with Gasteiger partial charge < -0.3 is 47.7 Å². The highest BCUT2D eigenvalue weighted by molar-refractivity contribution is 7.91. The molecule has 2 aromatic heterocycles. The molecule has 14 atom stereocenters. The summed E-state index contributed by atoms with van der Waals surface area (Å²) >= 11 is 0. The predicted octanol–water partition coefficient (Wildman–Crippen LogP) is 12.1.